The Balaban J connectivity index is 1.71. The van der Waals surface area contributed by atoms with E-state index in [0.717, 1.165) is 22.9 Å². The quantitative estimate of drug-likeness (QED) is 0.428. The summed E-state index contributed by atoms with van der Waals surface area (Å²) in [4.78, 5) is 0. The number of hydrogen-bond acceptors (Lipinski definition) is 6. The van der Waals surface area contributed by atoms with Crippen LogP contribution in [0.1, 0.15) is 11.1 Å². The first kappa shape index (κ1) is 21.8. The Morgan fingerprint density at radius 3 is 2.56 bits per heavy atom. The molecule has 174 valence electrons. The molecule has 3 aromatic carbocycles. The summed E-state index contributed by atoms with van der Waals surface area (Å²) in [6.45, 7) is 0.183. The number of sulfonamides is 1. The molecule has 0 spiro atoms. The maximum absolute atomic E-state index is 12.4. The van der Waals surface area contributed by atoms with Crippen LogP contribution < -0.4 is 18.9 Å². The van der Waals surface area contributed by atoms with Gasteiger partial charge in [-0.25, -0.2) is 13.1 Å². The number of nitrogens with zero attached hydrogens (tertiary/aromatic N) is 2. The molecule has 34 heavy (non-hydrogen) atoms. The molecule has 9 heteroatoms. The number of benzene rings is 3. The largest absolute Gasteiger partial charge is 0.497 e. The normalized spacial score (nSPS) is 12.5. The Morgan fingerprint density at radius 2 is 1.79 bits per heavy atom. The van der Waals surface area contributed by atoms with Gasteiger partial charge in [-0.1, -0.05) is 42.5 Å². The first-order valence-corrected chi connectivity index (χ1v) is 12.5. The Kier molecular flexibility index (Phi) is 5.62. The number of hydrogen-bond donors (Lipinski definition) is 1. The molecule has 0 unspecified atom stereocenters. The zero-order valence-electron chi connectivity index (χ0n) is 18.7. The predicted octanol–water partition coefficient (Wildman–Crippen LogP) is 4.24. The summed E-state index contributed by atoms with van der Waals surface area (Å²) in [5.74, 6) is 2.36. The van der Waals surface area contributed by atoms with Crippen molar-refractivity contribution in [2.45, 2.75) is 6.42 Å². The summed E-state index contributed by atoms with van der Waals surface area (Å²) >= 11 is 0. The molecule has 5 rings (SSSR count). The second-order valence-corrected chi connectivity index (χ2v) is 9.64. The Bertz CT molecular complexity index is 1450. The van der Waals surface area contributed by atoms with Gasteiger partial charge in [-0.15, -0.1) is 0 Å². The number of nitrogens with one attached hydrogen (secondary N) is 1. The molecule has 1 aliphatic heterocycles. The van der Waals surface area contributed by atoms with E-state index in [1.807, 2.05) is 66.7 Å². The van der Waals surface area contributed by atoms with E-state index < -0.39 is 10.0 Å². The Morgan fingerprint density at radius 1 is 1.00 bits per heavy atom. The second kappa shape index (κ2) is 8.75. The lowest BCUT2D eigenvalue weighted by Crippen LogP contribution is -2.15. The average Bonchev–Trinajstić information content (AvgIpc) is 3.43. The lowest BCUT2D eigenvalue weighted by atomic mass is 10.0. The van der Waals surface area contributed by atoms with Gasteiger partial charge in [-0.2, -0.15) is 5.10 Å². The molecule has 0 aliphatic carbocycles. The van der Waals surface area contributed by atoms with E-state index in [0.29, 0.717) is 40.9 Å². The van der Waals surface area contributed by atoms with Crippen molar-refractivity contribution in [2.24, 2.45) is 0 Å². The van der Waals surface area contributed by atoms with E-state index in [1.54, 1.807) is 17.9 Å². The van der Waals surface area contributed by atoms with Crippen LogP contribution in [0.2, 0.25) is 0 Å². The number of methoxy groups -OCH3 is 1. The van der Waals surface area contributed by atoms with Crippen LogP contribution in [-0.4, -0.2) is 38.4 Å². The van der Waals surface area contributed by atoms with Crippen LogP contribution in [0.5, 0.6) is 17.2 Å². The van der Waals surface area contributed by atoms with Crippen molar-refractivity contribution >= 4 is 15.8 Å². The highest BCUT2D eigenvalue weighted by molar-refractivity contribution is 7.92. The maximum Gasteiger partial charge on any atom is 0.231 e. The highest BCUT2D eigenvalue weighted by Crippen LogP contribution is 2.37. The summed E-state index contributed by atoms with van der Waals surface area (Å²) in [5, 5.41) is 4.86. The summed E-state index contributed by atoms with van der Waals surface area (Å²) in [6, 6.07) is 22.7. The fourth-order valence-corrected chi connectivity index (χ4v) is 4.47. The molecule has 0 bridgehead atoms. The molecule has 1 N–H and O–H groups in total. The van der Waals surface area contributed by atoms with Crippen LogP contribution in [0.4, 0.5) is 5.82 Å². The number of anilines is 1. The molecule has 0 amide bonds. The van der Waals surface area contributed by atoms with Crippen LogP contribution in [0, 0.1) is 0 Å². The van der Waals surface area contributed by atoms with Crippen LogP contribution >= 0.6 is 0 Å². The SMILES string of the molecule is COc1cccc(-n2nc(-c3ccccc3)c(Cc3ccc4c(c3)OCO4)c2NS(C)(=O)=O)c1. The highest BCUT2D eigenvalue weighted by atomic mass is 32.2. The molecule has 0 atom stereocenters. The lowest BCUT2D eigenvalue weighted by molar-refractivity contribution is 0.174. The number of rotatable bonds is 7. The van der Waals surface area contributed by atoms with Gasteiger partial charge in [0.05, 0.1) is 24.7 Å². The Hall–Kier alpha value is -3.98. The van der Waals surface area contributed by atoms with E-state index in [1.165, 1.54) is 0 Å². The van der Waals surface area contributed by atoms with Crippen molar-refractivity contribution in [3.8, 4) is 34.2 Å². The van der Waals surface area contributed by atoms with Crippen molar-refractivity contribution in [2.75, 3.05) is 24.9 Å². The second-order valence-electron chi connectivity index (χ2n) is 7.89. The molecule has 0 radical (unpaired) electrons. The topological polar surface area (TPSA) is 91.7 Å². The summed E-state index contributed by atoms with van der Waals surface area (Å²) in [5.41, 5.74) is 3.88. The summed E-state index contributed by atoms with van der Waals surface area (Å²) in [7, 11) is -2.02. The van der Waals surface area contributed by atoms with Crippen molar-refractivity contribution in [3.05, 3.63) is 83.9 Å². The lowest BCUT2D eigenvalue weighted by Gasteiger charge is -2.12. The molecule has 0 saturated heterocycles. The third kappa shape index (κ3) is 4.42. The monoisotopic (exact) mass is 477 g/mol. The van der Waals surface area contributed by atoms with Gasteiger partial charge < -0.3 is 14.2 Å². The van der Waals surface area contributed by atoms with Gasteiger partial charge in [-0.05, 0) is 29.8 Å². The average molecular weight is 478 g/mol. The number of aromatic nitrogens is 2. The molecule has 4 aromatic rings. The molecule has 2 heterocycles. The van der Waals surface area contributed by atoms with Gasteiger partial charge in [0, 0.05) is 23.6 Å². The maximum atomic E-state index is 12.4. The van der Waals surface area contributed by atoms with Gasteiger partial charge in [0.25, 0.3) is 0 Å². The minimum atomic E-state index is -3.60. The molecule has 0 fully saturated rings. The van der Waals surface area contributed by atoms with Gasteiger partial charge in [0.2, 0.25) is 16.8 Å². The number of ether oxygens (including phenoxy) is 3. The van der Waals surface area contributed by atoms with Crippen LogP contribution in [0.15, 0.2) is 72.8 Å². The third-order valence-corrected chi connectivity index (χ3v) is 5.99. The first-order valence-electron chi connectivity index (χ1n) is 10.6. The minimum Gasteiger partial charge on any atom is -0.497 e. The van der Waals surface area contributed by atoms with Crippen molar-refractivity contribution in [3.63, 3.8) is 0 Å². The minimum absolute atomic E-state index is 0.183. The van der Waals surface area contributed by atoms with Crippen molar-refractivity contribution < 1.29 is 22.6 Å². The molecular weight excluding hydrogens is 454 g/mol. The molecular formula is C25H23N3O5S. The van der Waals surface area contributed by atoms with Crippen LogP contribution in [0.25, 0.3) is 16.9 Å². The van der Waals surface area contributed by atoms with Crippen LogP contribution in [-0.2, 0) is 16.4 Å². The van der Waals surface area contributed by atoms with Crippen molar-refractivity contribution in [1.29, 1.82) is 0 Å². The van der Waals surface area contributed by atoms with Gasteiger partial charge in [0.1, 0.15) is 11.6 Å². The molecule has 1 aliphatic rings. The predicted molar refractivity (Wildman–Crippen MR) is 129 cm³/mol. The zero-order chi connectivity index (χ0) is 23.7. The van der Waals surface area contributed by atoms with Gasteiger partial charge in [-0.3, -0.25) is 4.72 Å². The fraction of sp³-hybridized carbons (Fsp3) is 0.160. The first-order chi connectivity index (χ1) is 16.4. The number of fused-ring (bicyclic) bond motifs is 1. The fourth-order valence-electron chi connectivity index (χ4n) is 3.91. The van der Waals surface area contributed by atoms with E-state index >= 15 is 0 Å². The van der Waals surface area contributed by atoms with Gasteiger partial charge >= 0.3 is 0 Å². The zero-order valence-corrected chi connectivity index (χ0v) is 19.5. The smallest absolute Gasteiger partial charge is 0.231 e. The Labute approximate surface area is 197 Å². The van der Waals surface area contributed by atoms with Gasteiger partial charge in [0.15, 0.2) is 11.5 Å². The summed E-state index contributed by atoms with van der Waals surface area (Å²) in [6.07, 6.45) is 1.55. The summed E-state index contributed by atoms with van der Waals surface area (Å²) < 4.78 is 45.4. The van der Waals surface area contributed by atoms with E-state index in [9.17, 15) is 8.42 Å². The van der Waals surface area contributed by atoms with Crippen LogP contribution in [0.3, 0.4) is 0 Å². The third-order valence-electron chi connectivity index (χ3n) is 5.43. The molecule has 0 saturated carbocycles. The standard InChI is InChI=1S/C25H23N3O5S/c1-31-20-10-6-9-19(15-20)28-25(27-34(2,29)30)21(24(26-28)18-7-4-3-5-8-18)13-17-11-12-22-23(14-17)33-16-32-22/h3-12,14-15,27H,13,16H2,1-2H3. The molecule has 8 nitrogen and oxygen atoms in total. The highest BCUT2D eigenvalue weighted by Gasteiger charge is 2.24. The van der Waals surface area contributed by atoms with Crippen molar-refractivity contribution in [1.82, 2.24) is 9.78 Å². The van der Waals surface area contributed by atoms with E-state index in [2.05, 4.69) is 4.72 Å². The van der Waals surface area contributed by atoms with E-state index in [4.69, 9.17) is 19.3 Å². The van der Waals surface area contributed by atoms with E-state index in [-0.39, 0.29) is 6.79 Å². The molecule has 1 aromatic heterocycles.